The van der Waals surface area contributed by atoms with Gasteiger partial charge in [0, 0.05) is 24.7 Å². The molecule has 6 heteroatoms. The molecule has 2 aromatic carbocycles. The van der Waals surface area contributed by atoms with Crippen LogP contribution in [0.15, 0.2) is 42.5 Å². The smallest absolute Gasteiger partial charge is 0.242 e. The van der Waals surface area contributed by atoms with E-state index in [0.29, 0.717) is 19.5 Å². The van der Waals surface area contributed by atoms with Crippen LogP contribution in [0.5, 0.6) is 0 Å². The zero-order chi connectivity index (χ0) is 18.3. The first-order valence-corrected chi connectivity index (χ1v) is 8.87. The summed E-state index contributed by atoms with van der Waals surface area (Å²) in [5, 5.41) is 3.00. The van der Waals surface area contributed by atoms with Gasteiger partial charge >= 0.3 is 0 Å². The van der Waals surface area contributed by atoms with Gasteiger partial charge < -0.3 is 11.1 Å². The molecule has 1 heterocycles. The van der Waals surface area contributed by atoms with Crippen molar-refractivity contribution in [2.45, 2.75) is 31.0 Å². The molecule has 1 aliphatic heterocycles. The molecule has 0 aromatic heterocycles. The van der Waals surface area contributed by atoms with Gasteiger partial charge in [-0.05, 0) is 30.0 Å². The molecule has 4 rings (SSSR count). The van der Waals surface area contributed by atoms with Crippen LogP contribution in [0.1, 0.15) is 35.2 Å². The fourth-order valence-electron chi connectivity index (χ4n) is 3.85. The van der Waals surface area contributed by atoms with E-state index < -0.39 is 17.7 Å². The molecule has 0 saturated carbocycles. The molecule has 0 spiro atoms. The maximum absolute atomic E-state index is 14.3. The van der Waals surface area contributed by atoms with Crippen LogP contribution in [0.4, 0.5) is 8.78 Å². The van der Waals surface area contributed by atoms with Crippen LogP contribution >= 0.6 is 0 Å². The largest absolute Gasteiger partial charge is 0.349 e. The van der Waals surface area contributed by atoms with Gasteiger partial charge in [-0.25, -0.2) is 8.78 Å². The summed E-state index contributed by atoms with van der Waals surface area (Å²) >= 11 is 0. The van der Waals surface area contributed by atoms with Gasteiger partial charge in [-0.2, -0.15) is 0 Å². The summed E-state index contributed by atoms with van der Waals surface area (Å²) in [6.07, 6.45) is 1.61. The second-order valence-electron chi connectivity index (χ2n) is 7.00. The summed E-state index contributed by atoms with van der Waals surface area (Å²) in [7, 11) is 0. The van der Waals surface area contributed by atoms with Crippen molar-refractivity contribution in [2.75, 3.05) is 13.1 Å². The Morgan fingerprint density at radius 3 is 2.62 bits per heavy atom. The number of fused-ring (bicyclic) bond motifs is 1. The van der Waals surface area contributed by atoms with Gasteiger partial charge in [0.15, 0.2) is 0 Å². The average molecular weight is 357 g/mol. The molecule has 4 nitrogen and oxygen atoms in total. The Morgan fingerprint density at radius 2 is 1.96 bits per heavy atom. The number of halogens is 2. The van der Waals surface area contributed by atoms with E-state index in [-0.39, 0.29) is 23.6 Å². The van der Waals surface area contributed by atoms with Crippen molar-refractivity contribution in [3.63, 3.8) is 0 Å². The molecule has 2 unspecified atom stereocenters. The highest BCUT2D eigenvalue weighted by Crippen LogP contribution is 2.32. The van der Waals surface area contributed by atoms with Crippen molar-refractivity contribution in [1.82, 2.24) is 10.2 Å². The number of hydrogen-bond donors (Lipinski definition) is 2. The second-order valence-corrected chi connectivity index (χ2v) is 7.00. The molecule has 3 N–H and O–H groups in total. The molecule has 1 aliphatic carbocycles. The summed E-state index contributed by atoms with van der Waals surface area (Å²) in [6.45, 7) is 1.43. The van der Waals surface area contributed by atoms with E-state index in [2.05, 4.69) is 5.32 Å². The summed E-state index contributed by atoms with van der Waals surface area (Å²) in [4.78, 5) is 14.9. The molecule has 0 bridgehead atoms. The quantitative estimate of drug-likeness (QED) is 0.884. The van der Waals surface area contributed by atoms with Gasteiger partial charge in [-0.3, -0.25) is 9.69 Å². The van der Waals surface area contributed by atoms with Crippen molar-refractivity contribution >= 4 is 5.91 Å². The van der Waals surface area contributed by atoms with Crippen LogP contribution in [0, 0.1) is 11.6 Å². The number of nitrogens with two attached hydrogens (primary N) is 1. The SMILES string of the molecule is NC1c2ccccc2C[C@@H]1NC(=O)C(c1ccc(F)cc1F)N1CCC1. The third-order valence-electron chi connectivity index (χ3n) is 5.38. The van der Waals surface area contributed by atoms with E-state index in [1.165, 1.54) is 12.1 Å². The molecule has 1 fully saturated rings. The number of hydrogen-bond acceptors (Lipinski definition) is 3. The molecule has 1 amide bonds. The molecule has 26 heavy (non-hydrogen) atoms. The highest BCUT2D eigenvalue weighted by Gasteiger charge is 2.37. The van der Waals surface area contributed by atoms with Crippen LogP contribution in [0.25, 0.3) is 0 Å². The van der Waals surface area contributed by atoms with E-state index in [0.717, 1.165) is 23.6 Å². The van der Waals surface area contributed by atoms with Crippen LogP contribution in [-0.2, 0) is 11.2 Å². The minimum absolute atomic E-state index is 0.202. The molecule has 0 radical (unpaired) electrons. The van der Waals surface area contributed by atoms with Gasteiger partial charge in [-0.1, -0.05) is 30.3 Å². The monoisotopic (exact) mass is 357 g/mol. The number of benzene rings is 2. The van der Waals surface area contributed by atoms with Gasteiger partial charge in [0.25, 0.3) is 0 Å². The lowest BCUT2D eigenvalue weighted by Crippen LogP contribution is -2.50. The predicted molar refractivity (Wildman–Crippen MR) is 94.3 cm³/mol. The van der Waals surface area contributed by atoms with Crippen molar-refractivity contribution in [1.29, 1.82) is 0 Å². The maximum Gasteiger partial charge on any atom is 0.242 e. The zero-order valence-electron chi connectivity index (χ0n) is 14.3. The number of nitrogens with one attached hydrogen (secondary N) is 1. The van der Waals surface area contributed by atoms with Crippen LogP contribution in [0.2, 0.25) is 0 Å². The van der Waals surface area contributed by atoms with Gasteiger partial charge in [0.2, 0.25) is 5.91 Å². The lowest BCUT2D eigenvalue weighted by molar-refractivity contribution is -0.129. The number of carbonyl (C=O) groups is 1. The van der Waals surface area contributed by atoms with Gasteiger partial charge in [0.05, 0.1) is 12.1 Å². The van der Waals surface area contributed by atoms with Crippen molar-refractivity contribution < 1.29 is 13.6 Å². The first kappa shape index (κ1) is 17.1. The molecule has 3 atom stereocenters. The number of rotatable bonds is 4. The fraction of sp³-hybridized carbons (Fsp3) is 0.350. The highest BCUT2D eigenvalue weighted by atomic mass is 19.1. The maximum atomic E-state index is 14.3. The van der Waals surface area contributed by atoms with Crippen molar-refractivity contribution in [3.8, 4) is 0 Å². The molecule has 136 valence electrons. The van der Waals surface area contributed by atoms with Crippen molar-refractivity contribution in [3.05, 3.63) is 70.8 Å². The van der Waals surface area contributed by atoms with Gasteiger partial charge in [0.1, 0.15) is 17.7 Å². The third kappa shape index (κ3) is 2.99. The average Bonchev–Trinajstić information content (AvgIpc) is 2.88. The lowest BCUT2D eigenvalue weighted by Gasteiger charge is -2.38. The normalized spacial score (nSPS) is 23.2. The molecular formula is C20H21F2N3O. The standard InChI is InChI=1S/C20H21F2N3O/c21-13-6-7-15(16(22)11-13)19(25-8-3-9-25)20(26)24-17-10-12-4-1-2-5-14(12)18(17)23/h1-2,4-7,11,17-19H,3,8-10,23H2,(H,24,26)/t17-,18?,19?/m0/s1. The van der Waals surface area contributed by atoms with Crippen LogP contribution in [-0.4, -0.2) is 29.9 Å². The second kappa shape index (κ2) is 6.78. The van der Waals surface area contributed by atoms with E-state index >= 15 is 0 Å². The number of likely N-dealkylation sites (tertiary alicyclic amines) is 1. The minimum atomic E-state index is -0.764. The summed E-state index contributed by atoms with van der Waals surface area (Å²) < 4.78 is 27.6. The Balaban J connectivity index is 1.56. The molecule has 2 aliphatic rings. The van der Waals surface area contributed by atoms with E-state index in [1.54, 1.807) is 0 Å². The fourth-order valence-corrected chi connectivity index (χ4v) is 3.85. The number of nitrogens with zero attached hydrogens (tertiary/aromatic N) is 1. The van der Waals surface area contributed by atoms with Crippen molar-refractivity contribution in [2.24, 2.45) is 5.73 Å². The van der Waals surface area contributed by atoms with Crippen LogP contribution < -0.4 is 11.1 Å². The Labute approximate surface area is 151 Å². The topological polar surface area (TPSA) is 58.4 Å². The Kier molecular flexibility index (Phi) is 4.46. The molecule has 2 aromatic rings. The Hall–Kier alpha value is -2.31. The lowest BCUT2D eigenvalue weighted by atomic mass is 9.99. The molecule has 1 saturated heterocycles. The Bertz CT molecular complexity index is 838. The summed E-state index contributed by atoms with van der Waals surface area (Å²) in [5.41, 5.74) is 8.66. The first-order chi connectivity index (χ1) is 12.5. The number of amides is 1. The molecular weight excluding hydrogens is 336 g/mol. The van der Waals surface area contributed by atoms with E-state index in [4.69, 9.17) is 5.73 Å². The Morgan fingerprint density at radius 1 is 1.19 bits per heavy atom. The zero-order valence-corrected chi connectivity index (χ0v) is 14.3. The third-order valence-corrected chi connectivity index (χ3v) is 5.38. The van der Waals surface area contributed by atoms with Crippen LogP contribution in [0.3, 0.4) is 0 Å². The van der Waals surface area contributed by atoms with Gasteiger partial charge in [-0.15, -0.1) is 0 Å². The predicted octanol–water partition coefficient (Wildman–Crippen LogP) is 2.45. The number of carbonyl (C=O) groups excluding carboxylic acids is 1. The summed E-state index contributed by atoms with van der Waals surface area (Å²) in [6, 6.07) is 9.95. The first-order valence-electron chi connectivity index (χ1n) is 8.87. The van der Waals surface area contributed by atoms with E-state index in [1.807, 2.05) is 29.2 Å². The minimum Gasteiger partial charge on any atom is -0.349 e. The highest BCUT2D eigenvalue weighted by molar-refractivity contribution is 5.84. The summed E-state index contributed by atoms with van der Waals surface area (Å²) in [5.74, 6) is -1.64. The van der Waals surface area contributed by atoms with E-state index in [9.17, 15) is 13.6 Å².